The van der Waals surface area contributed by atoms with Gasteiger partial charge in [0.05, 0.1) is 11.0 Å². The number of hydrogen-bond acceptors (Lipinski definition) is 3. The number of hydrogen-bond donors (Lipinski definition) is 2. The van der Waals surface area contributed by atoms with Gasteiger partial charge in [0.25, 0.3) is 0 Å². The Labute approximate surface area is 118 Å². The fraction of sp³-hybridized carbons (Fsp3) is 0.933. The molecule has 0 aliphatic carbocycles. The van der Waals surface area contributed by atoms with E-state index in [2.05, 4.69) is 13.8 Å². The molecule has 0 aliphatic heterocycles. The minimum Gasteiger partial charge on any atom is -0.389 e. The number of nitrogens with zero attached hydrogens (tertiary/aromatic N) is 1. The van der Waals surface area contributed by atoms with Crippen molar-refractivity contribution in [2.75, 3.05) is 19.6 Å². The van der Waals surface area contributed by atoms with E-state index in [-0.39, 0.29) is 5.91 Å². The van der Waals surface area contributed by atoms with E-state index in [1.54, 1.807) is 18.7 Å². The number of carbonyl (C=O) groups excluding carboxylic acids is 1. The third kappa shape index (κ3) is 5.49. The Morgan fingerprint density at radius 1 is 1.16 bits per heavy atom. The molecule has 0 aromatic carbocycles. The molecule has 0 aromatic rings. The highest BCUT2D eigenvalue weighted by molar-refractivity contribution is 5.83. The second-order valence-corrected chi connectivity index (χ2v) is 6.12. The number of amides is 1. The lowest BCUT2D eigenvalue weighted by atomic mass is 9.77. The quantitative estimate of drug-likeness (QED) is 0.676. The average Bonchev–Trinajstić information content (AvgIpc) is 2.33. The molecule has 3 N–H and O–H groups in total. The van der Waals surface area contributed by atoms with Gasteiger partial charge in [-0.3, -0.25) is 4.79 Å². The van der Waals surface area contributed by atoms with Crippen LogP contribution in [0, 0.1) is 5.41 Å². The van der Waals surface area contributed by atoms with Crippen LogP contribution in [-0.2, 0) is 4.79 Å². The third-order valence-corrected chi connectivity index (χ3v) is 3.55. The lowest BCUT2D eigenvalue weighted by Crippen LogP contribution is -2.51. The Kier molecular flexibility index (Phi) is 7.60. The summed E-state index contributed by atoms with van der Waals surface area (Å²) in [6.45, 7) is 10.9. The molecule has 0 radical (unpaired) electrons. The summed E-state index contributed by atoms with van der Waals surface area (Å²) in [4.78, 5) is 14.6. The minimum atomic E-state index is -0.871. The van der Waals surface area contributed by atoms with Crippen molar-refractivity contribution < 1.29 is 9.90 Å². The van der Waals surface area contributed by atoms with Crippen LogP contribution in [0.3, 0.4) is 0 Å². The summed E-state index contributed by atoms with van der Waals surface area (Å²) in [6, 6.07) is 0. The molecule has 0 aliphatic rings. The SMILES string of the molecule is CCCC(CN)(CCC)C(=O)N(CC)CC(C)(C)O. The summed E-state index contributed by atoms with van der Waals surface area (Å²) in [6.07, 6.45) is 3.53. The first-order valence-electron chi connectivity index (χ1n) is 7.48. The van der Waals surface area contributed by atoms with E-state index in [9.17, 15) is 9.90 Å². The van der Waals surface area contributed by atoms with Crippen LogP contribution in [0.5, 0.6) is 0 Å². The molecule has 0 unspecified atom stereocenters. The number of nitrogens with two attached hydrogens (primary N) is 1. The van der Waals surface area contributed by atoms with Gasteiger partial charge in [-0.25, -0.2) is 0 Å². The molecule has 0 bridgehead atoms. The van der Waals surface area contributed by atoms with Crippen molar-refractivity contribution in [1.82, 2.24) is 4.90 Å². The van der Waals surface area contributed by atoms with Gasteiger partial charge in [0, 0.05) is 19.6 Å². The first-order chi connectivity index (χ1) is 8.76. The molecule has 0 spiro atoms. The average molecular weight is 272 g/mol. The number of likely N-dealkylation sites (N-methyl/N-ethyl adjacent to an activating group) is 1. The Bertz CT molecular complexity index is 266. The highest BCUT2D eigenvalue weighted by atomic mass is 16.3. The van der Waals surface area contributed by atoms with E-state index in [1.165, 1.54) is 0 Å². The summed E-state index contributed by atoms with van der Waals surface area (Å²) in [5, 5.41) is 9.94. The molecular formula is C15H32N2O2. The van der Waals surface area contributed by atoms with Crippen LogP contribution in [0.25, 0.3) is 0 Å². The second kappa shape index (κ2) is 7.85. The molecule has 0 saturated carbocycles. The Morgan fingerprint density at radius 2 is 1.63 bits per heavy atom. The van der Waals surface area contributed by atoms with Gasteiger partial charge >= 0.3 is 0 Å². The maximum Gasteiger partial charge on any atom is 0.230 e. The summed E-state index contributed by atoms with van der Waals surface area (Å²) in [5.74, 6) is 0.100. The fourth-order valence-electron chi connectivity index (χ4n) is 2.72. The van der Waals surface area contributed by atoms with Crippen molar-refractivity contribution >= 4 is 5.91 Å². The zero-order valence-corrected chi connectivity index (χ0v) is 13.3. The smallest absolute Gasteiger partial charge is 0.230 e. The predicted octanol–water partition coefficient (Wildman–Crippen LogP) is 2.15. The molecule has 0 saturated heterocycles. The van der Waals surface area contributed by atoms with E-state index < -0.39 is 11.0 Å². The van der Waals surface area contributed by atoms with E-state index in [0.29, 0.717) is 19.6 Å². The van der Waals surface area contributed by atoms with E-state index in [1.807, 2.05) is 6.92 Å². The Morgan fingerprint density at radius 3 is 1.89 bits per heavy atom. The van der Waals surface area contributed by atoms with Gasteiger partial charge in [0.1, 0.15) is 0 Å². The summed E-state index contributed by atoms with van der Waals surface area (Å²) in [7, 11) is 0. The van der Waals surface area contributed by atoms with Gasteiger partial charge in [-0.05, 0) is 33.6 Å². The fourth-order valence-corrected chi connectivity index (χ4v) is 2.72. The summed E-state index contributed by atoms with van der Waals surface area (Å²) in [5.41, 5.74) is 4.60. The monoisotopic (exact) mass is 272 g/mol. The van der Waals surface area contributed by atoms with Crippen LogP contribution in [0.4, 0.5) is 0 Å². The molecule has 114 valence electrons. The number of aliphatic hydroxyl groups is 1. The van der Waals surface area contributed by atoms with Gasteiger partial charge in [-0.2, -0.15) is 0 Å². The van der Waals surface area contributed by atoms with Gasteiger partial charge in [-0.15, -0.1) is 0 Å². The molecular weight excluding hydrogens is 240 g/mol. The third-order valence-electron chi connectivity index (χ3n) is 3.55. The summed E-state index contributed by atoms with van der Waals surface area (Å²) >= 11 is 0. The van der Waals surface area contributed by atoms with Crippen LogP contribution in [0.1, 0.15) is 60.3 Å². The van der Waals surface area contributed by atoms with Crippen LogP contribution >= 0.6 is 0 Å². The van der Waals surface area contributed by atoms with Crippen molar-refractivity contribution in [2.24, 2.45) is 11.1 Å². The van der Waals surface area contributed by atoms with Crippen LogP contribution < -0.4 is 5.73 Å². The van der Waals surface area contributed by atoms with Crippen molar-refractivity contribution in [3.63, 3.8) is 0 Å². The highest BCUT2D eigenvalue weighted by Crippen LogP contribution is 2.31. The normalized spacial score (nSPS) is 12.6. The largest absolute Gasteiger partial charge is 0.389 e. The van der Waals surface area contributed by atoms with Gasteiger partial charge in [-0.1, -0.05) is 26.7 Å². The topological polar surface area (TPSA) is 66.6 Å². The maximum absolute atomic E-state index is 12.8. The Balaban J connectivity index is 5.13. The molecule has 4 heteroatoms. The van der Waals surface area contributed by atoms with E-state index >= 15 is 0 Å². The van der Waals surface area contributed by atoms with Crippen molar-refractivity contribution in [1.29, 1.82) is 0 Å². The molecule has 19 heavy (non-hydrogen) atoms. The van der Waals surface area contributed by atoms with Gasteiger partial charge < -0.3 is 15.7 Å². The highest BCUT2D eigenvalue weighted by Gasteiger charge is 2.39. The molecule has 0 fully saturated rings. The standard InChI is InChI=1S/C15H32N2O2/c1-6-9-15(11-16,10-7-2)13(18)17(8-3)12-14(4,5)19/h19H,6-12,16H2,1-5H3. The predicted molar refractivity (Wildman–Crippen MR) is 79.9 cm³/mol. The minimum absolute atomic E-state index is 0.100. The summed E-state index contributed by atoms with van der Waals surface area (Å²) < 4.78 is 0. The molecule has 1 amide bonds. The number of rotatable bonds is 9. The zero-order valence-electron chi connectivity index (χ0n) is 13.3. The molecule has 0 rings (SSSR count). The maximum atomic E-state index is 12.8. The Hall–Kier alpha value is -0.610. The van der Waals surface area contributed by atoms with Crippen LogP contribution in [0.15, 0.2) is 0 Å². The van der Waals surface area contributed by atoms with E-state index in [0.717, 1.165) is 25.7 Å². The van der Waals surface area contributed by atoms with E-state index in [4.69, 9.17) is 5.73 Å². The first kappa shape index (κ1) is 18.4. The lowest BCUT2D eigenvalue weighted by molar-refractivity contribution is -0.145. The van der Waals surface area contributed by atoms with Crippen LogP contribution in [0.2, 0.25) is 0 Å². The molecule has 0 heterocycles. The van der Waals surface area contributed by atoms with Crippen molar-refractivity contribution in [3.05, 3.63) is 0 Å². The zero-order chi connectivity index (χ0) is 15.1. The molecule has 4 nitrogen and oxygen atoms in total. The molecule has 0 aromatic heterocycles. The number of carbonyl (C=O) groups is 1. The lowest BCUT2D eigenvalue weighted by Gasteiger charge is -2.38. The van der Waals surface area contributed by atoms with Gasteiger partial charge in [0.15, 0.2) is 0 Å². The molecule has 0 atom stereocenters. The van der Waals surface area contributed by atoms with Crippen molar-refractivity contribution in [2.45, 2.75) is 65.9 Å². The van der Waals surface area contributed by atoms with Crippen LogP contribution in [-0.4, -0.2) is 41.1 Å². The van der Waals surface area contributed by atoms with Crippen molar-refractivity contribution in [3.8, 4) is 0 Å². The first-order valence-corrected chi connectivity index (χ1v) is 7.48. The van der Waals surface area contributed by atoms with Gasteiger partial charge in [0.2, 0.25) is 5.91 Å². The second-order valence-electron chi connectivity index (χ2n) is 6.12.